The van der Waals surface area contributed by atoms with Crippen LogP contribution in [0.2, 0.25) is 0 Å². The van der Waals surface area contributed by atoms with Crippen LogP contribution >= 0.6 is 0 Å². The molecule has 1 fully saturated rings. The van der Waals surface area contributed by atoms with Crippen molar-refractivity contribution in [2.24, 2.45) is 4.99 Å². The van der Waals surface area contributed by atoms with Crippen molar-refractivity contribution in [3.8, 4) is 0 Å². The Morgan fingerprint density at radius 2 is 2.14 bits per heavy atom. The van der Waals surface area contributed by atoms with Gasteiger partial charge in [0.1, 0.15) is 5.49 Å². The summed E-state index contributed by atoms with van der Waals surface area (Å²) in [5.41, 5.74) is 1.93. The zero-order valence-corrected chi connectivity index (χ0v) is 13.2. The number of nitrogens with zero attached hydrogens (tertiary/aromatic N) is 2. The first kappa shape index (κ1) is 16.0. The number of aromatic nitrogens is 1. The van der Waals surface area contributed by atoms with Gasteiger partial charge in [-0.1, -0.05) is 19.3 Å². The maximum atomic E-state index is 12.3. The van der Waals surface area contributed by atoms with Crippen molar-refractivity contribution in [1.29, 1.82) is 0 Å². The minimum Gasteiger partial charge on any atom is -0.381 e. The maximum absolute atomic E-state index is 12.3. The molecule has 1 saturated carbocycles. The topological polar surface area (TPSA) is 43.6 Å². The second-order valence-corrected chi connectivity index (χ2v) is 5.69. The molecule has 4 nitrogen and oxygen atoms in total. The summed E-state index contributed by atoms with van der Waals surface area (Å²) in [6, 6.07) is 4.33. The molecular formula is C17H26N2O2. The van der Waals surface area contributed by atoms with Gasteiger partial charge in [0.25, 0.3) is 0 Å². The molecule has 21 heavy (non-hydrogen) atoms. The quantitative estimate of drug-likeness (QED) is 0.782. The van der Waals surface area contributed by atoms with Gasteiger partial charge >= 0.3 is 0 Å². The molecule has 0 saturated heterocycles. The highest BCUT2D eigenvalue weighted by molar-refractivity contribution is 5.78. The van der Waals surface area contributed by atoms with Gasteiger partial charge in [-0.2, -0.15) is 0 Å². The standard InChI is InChI=1S/C17H26N2O2/c1-3-21-12-10-17(20)19-11-9-14(2)13-16(19)18-15-7-5-4-6-8-15/h9,11,13,15H,3-8,10,12H2,1-2H3. The van der Waals surface area contributed by atoms with E-state index in [2.05, 4.69) is 0 Å². The summed E-state index contributed by atoms with van der Waals surface area (Å²) in [6.07, 6.45) is 8.33. The fourth-order valence-corrected chi connectivity index (χ4v) is 2.72. The number of carbonyl (C=O) groups is 1. The molecule has 4 heteroatoms. The highest BCUT2D eigenvalue weighted by atomic mass is 16.5. The fourth-order valence-electron chi connectivity index (χ4n) is 2.72. The van der Waals surface area contributed by atoms with E-state index in [1.54, 1.807) is 4.57 Å². The van der Waals surface area contributed by atoms with Crippen LogP contribution in [0, 0.1) is 6.92 Å². The van der Waals surface area contributed by atoms with Gasteiger partial charge in [-0.05, 0) is 44.4 Å². The largest absolute Gasteiger partial charge is 0.381 e. The van der Waals surface area contributed by atoms with E-state index >= 15 is 0 Å². The van der Waals surface area contributed by atoms with Crippen molar-refractivity contribution >= 4 is 5.91 Å². The highest BCUT2D eigenvalue weighted by Gasteiger charge is 2.13. The maximum Gasteiger partial charge on any atom is 0.234 e. The molecule has 0 radical (unpaired) electrons. The van der Waals surface area contributed by atoms with Gasteiger partial charge in [0.05, 0.1) is 19.1 Å². The normalized spacial score (nSPS) is 17.1. The molecule has 1 aliphatic rings. The molecule has 116 valence electrons. The van der Waals surface area contributed by atoms with Gasteiger partial charge in [-0.3, -0.25) is 14.4 Å². The third kappa shape index (κ3) is 4.81. The number of carbonyl (C=O) groups excluding carboxylic acids is 1. The van der Waals surface area contributed by atoms with Crippen molar-refractivity contribution in [3.63, 3.8) is 0 Å². The number of ether oxygens (including phenoxy) is 1. The Morgan fingerprint density at radius 1 is 1.38 bits per heavy atom. The Kier molecular flexibility index (Phi) is 6.18. The van der Waals surface area contributed by atoms with Gasteiger partial charge in [0.15, 0.2) is 0 Å². The summed E-state index contributed by atoms with van der Waals surface area (Å²) >= 11 is 0. The SMILES string of the molecule is CCOCCC(=O)n1ccc(C)cc1=NC1CCCCC1. The van der Waals surface area contributed by atoms with Gasteiger partial charge in [0, 0.05) is 12.8 Å². The van der Waals surface area contributed by atoms with Crippen LogP contribution in [0.1, 0.15) is 55.8 Å². The molecule has 1 aliphatic carbocycles. The minimum absolute atomic E-state index is 0.0537. The Morgan fingerprint density at radius 3 is 2.86 bits per heavy atom. The third-order valence-corrected chi connectivity index (χ3v) is 3.91. The zero-order chi connectivity index (χ0) is 15.1. The van der Waals surface area contributed by atoms with E-state index in [4.69, 9.17) is 9.73 Å². The summed E-state index contributed by atoms with van der Waals surface area (Å²) in [5, 5.41) is 0. The summed E-state index contributed by atoms with van der Waals surface area (Å²) < 4.78 is 6.96. The van der Waals surface area contributed by atoms with Crippen molar-refractivity contribution < 1.29 is 9.53 Å². The third-order valence-electron chi connectivity index (χ3n) is 3.91. The molecular weight excluding hydrogens is 264 g/mol. The molecule has 0 aliphatic heterocycles. The van der Waals surface area contributed by atoms with Crippen LogP contribution in [0.5, 0.6) is 0 Å². The Bertz CT molecular complexity index is 528. The second kappa shape index (κ2) is 8.13. The van der Waals surface area contributed by atoms with E-state index in [0.29, 0.717) is 25.7 Å². The highest BCUT2D eigenvalue weighted by Crippen LogP contribution is 2.19. The minimum atomic E-state index is 0.0537. The van der Waals surface area contributed by atoms with Crippen molar-refractivity contribution in [2.75, 3.05) is 13.2 Å². The lowest BCUT2D eigenvalue weighted by atomic mass is 9.96. The first-order valence-electron chi connectivity index (χ1n) is 8.05. The average molecular weight is 290 g/mol. The van der Waals surface area contributed by atoms with E-state index in [0.717, 1.165) is 23.9 Å². The van der Waals surface area contributed by atoms with Crippen molar-refractivity contribution in [1.82, 2.24) is 4.57 Å². The predicted octanol–water partition coefficient (Wildman–Crippen LogP) is 3.10. The van der Waals surface area contributed by atoms with Crippen LogP contribution in [-0.4, -0.2) is 29.7 Å². The molecule has 0 bridgehead atoms. The first-order valence-corrected chi connectivity index (χ1v) is 8.05. The molecule has 0 atom stereocenters. The number of rotatable bonds is 5. The van der Waals surface area contributed by atoms with Crippen molar-refractivity contribution in [2.45, 2.75) is 58.4 Å². The first-order chi connectivity index (χ1) is 10.2. The molecule has 0 N–H and O–H groups in total. The molecule has 0 unspecified atom stereocenters. The van der Waals surface area contributed by atoms with Crippen LogP contribution in [-0.2, 0) is 4.74 Å². The molecule has 1 heterocycles. The summed E-state index contributed by atoms with van der Waals surface area (Å²) in [5.74, 6) is 0.0537. The van der Waals surface area contributed by atoms with Crippen LogP contribution in [0.4, 0.5) is 0 Å². The fraction of sp³-hybridized carbons (Fsp3) is 0.647. The predicted molar refractivity (Wildman–Crippen MR) is 83.3 cm³/mol. The second-order valence-electron chi connectivity index (χ2n) is 5.69. The monoisotopic (exact) mass is 290 g/mol. The summed E-state index contributed by atoms with van der Waals surface area (Å²) in [6.45, 7) is 5.09. The van der Waals surface area contributed by atoms with E-state index in [9.17, 15) is 4.79 Å². The van der Waals surface area contributed by atoms with Crippen LogP contribution < -0.4 is 5.49 Å². The lowest BCUT2D eigenvalue weighted by Gasteiger charge is -2.18. The number of aryl methyl sites for hydroxylation is 1. The van der Waals surface area contributed by atoms with Gasteiger partial charge < -0.3 is 4.74 Å². The van der Waals surface area contributed by atoms with E-state index in [-0.39, 0.29) is 5.91 Å². The number of pyridine rings is 1. The van der Waals surface area contributed by atoms with Gasteiger partial charge in [-0.25, -0.2) is 0 Å². The zero-order valence-electron chi connectivity index (χ0n) is 13.2. The van der Waals surface area contributed by atoms with Crippen molar-refractivity contribution in [3.05, 3.63) is 29.4 Å². The number of hydrogen-bond acceptors (Lipinski definition) is 3. The van der Waals surface area contributed by atoms with Crippen LogP contribution in [0.25, 0.3) is 0 Å². The van der Waals surface area contributed by atoms with E-state index in [1.165, 1.54) is 19.3 Å². The lowest BCUT2D eigenvalue weighted by molar-refractivity contribution is 0.0812. The Balaban J connectivity index is 2.20. The molecule has 0 aromatic carbocycles. The van der Waals surface area contributed by atoms with Gasteiger partial charge in [-0.15, -0.1) is 0 Å². The molecule has 1 aromatic rings. The lowest BCUT2D eigenvalue weighted by Crippen LogP contribution is -2.30. The van der Waals surface area contributed by atoms with Crippen LogP contribution in [0.3, 0.4) is 0 Å². The Hall–Kier alpha value is -1.42. The molecule has 2 rings (SSSR count). The van der Waals surface area contributed by atoms with Crippen LogP contribution in [0.15, 0.2) is 23.3 Å². The van der Waals surface area contributed by atoms with Gasteiger partial charge in [0.2, 0.25) is 5.91 Å². The summed E-state index contributed by atoms with van der Waals surface area (Å²) in [4.78, 5) is 17.1. The Labute approximate surface area is 126 Å². The molecule has 1 aromatic heterocycles. The smallest absolute Gasteiger partial charge is 0.234 e. The average Bonchev–Trinajstić information content (AvgIpc) is 2.48. The summed E-state index contributed by atoms with van der Waals surface area (Å²) in [7, 11) is 0. The number of hydrogen-bond donors (Lipinski definition) is 0. The van der Waals surface area contributed by atoms with E-state index < -0.39 is 0 Å². The van der Waals surface area contributed by atoms with E-state index in [1.807, 2.05) is 32.2 Å². The molecule has 0 spiro atoms. The molecule has 0 amide bonds.